The smallest absolute Gasteiger partial charge is 0.387 e. The van der Waals surface area contributed by atoms with Crippen LogP contribution >= 0.6 is 7.82 Å². The van der Waals surface area contributed by atoms with E-state index in [0.717, 1.165) is 0 Å². The number of ether oxygens (including phenoxy) is 2. The molecule has 226 valence electrons. The standard InChI is InChI=1S/C12H18N5O7P.2C6H15N/c1-13-10-7-11(15-4-14-10)17(5-16-7)12-9(22-2)8(18)6(24-12)3-23-25(19,20)21;2*1-4-7(5-2)6-3/h4-6,8-9,12,18H,3H2,1-2H3,(H,13,14,15)(H2,19,20,21);2*4-6H2,1-3H3/t6-,8-,9-,12-;;/m1../s1. The van der Waals surface area contributed by atoms with Crippen LogP contribution < -0.4 is 5.32 Å². The minimum absolute atomic E-state index is 0.454. The van der Waals surface area contributed by atoms with Crippen LogP contribution in [0, 0.1) is 0 Å². The van der Waals surface area contributed by atoms with Crippen LogP contribution in [0.15, 0.2) is 12.7 Å². The van der Waals surface area contributed by atoms with Gasteiger partial charge in [-0.1, -0.05) is 41.5 Å². The number of nitrogens with zero attached hydrogens (tertiary/aromatic N) is 6. The second kappa shape index (κ2) is 17.8. The Kier molecular flexibility index (Phi) is 16.1. The summed E-state index contributed by atoms with van der Waals surface area (Å²) in [4.78, 5) is 34.9. The highest BCUT2D eigenvalue weighted by atomic mass is 31.2. The molecular weight excluding hydrogens is 529 g/mol. The first kappa shape index (κ1) is 35.3. The average molecular weight is 578 g/mol. The lowest BCUT2D eigenvalue weighted by molar-refractivity contribution is -0.0578. The quantitative estimate of drug-likeness (QED) is 0.271. The third-order valence-corrected chi connectivity index (χ3v) is 7.03. The third-order valence-electron chi connectivity index (χ3n) is 6.54. The van der Waals surface area contributed by atoms with Crippen LogP contribution in [0.1, 0.15) is 47.8 Å². The Morgan fingerprint density at radius 3 is 1.95 bits per heavy atom. The number of aliphatic hydroxyl groups excluding tert-OH is 1. The number of phosphoric acid groups is 1. The Morgan fingerprint density at radius 1 is 1.00 bits per heavy atom. The molecule has 3 rings (SSSR count). The highest BCUT2D eigenvalue weighted by molar-refractivity contribution is 7.46. The number of hydrogen-bond acceptors (Lipinski definition) is 11. The van der Waals surface area contributed by atoms with Gasteiger partial charge in [-0.05, 0) is 39.3 Å². The van der Waals surface area contributed by atoms with Gasteiger partial charge in [0.2, 0.25) is 0 Å². The van der Waals surface area contributed by atoms with Gasteiger partial charge in [0.15, 0.2) is 17.7 Å². The van der Waals surface area contributed by atoms with Crippen molar-refractivity contribution in [2.45, 2.75) is 66.1 Å². The van der Waals surface area contributed by atoms with Crippen molar-refractivity contribution in [2.75, 3.05) is 65.3 Å². The molecule has 0 aromatic carbocycles. The summed E-state index contributed by atoms with van der Waals surface area (Å²) in [5.41, 5.74) is 0.961. The molecular formula is C24H48N7O7P. The molecule has 4 atom stereocenters. The fourth-order valence-corrected chi connectivity index (χ4v) is 4.41. The minimum Gasteiger partial charge on any atom is -0.387 e. The number of phosphoric ester groups is 1. The summed E-state index contributed by atoms with van der Waals surface area (Å²) in [6.45, 7) is 19.8. The molecule has 2 aromatic rings. The zero-order valence-corrected chi connectivity index (χ0v) is 25.4. The molecule has 39 heavy (non-hydrogen) atoms. The van der Waals surface area contributed by atoms with Crippen molar-refractivity contribution >= 4 is 24.8 Å². The van der Waals surface area contributed by atoms with Gasteiger partial charge >= 0.3 is 7.82 Å². The van der Waals surface area contributed by atoms with Crippen LogP contribution in [0.3, 0.4) is 0 Å². The maximum Gasteiger partial charge on any atom is 0.469 e. The molecule has 1 fully saturated rings. The lowest BCUT2D eigenvalue weighted by Crippen LogP contribution is -2.35. The Hall–Kier alpha value is -1.74. The monoisotopic (exact) mass is 577 g/mol. The zero-order valence-electron chi connectivity index (χ0n) is 24.5. The fraction of sp³-hybridized carbons (Fsp3) is 0.792. The molecule has 4 N–H and O–H groups in total. The molecule has 0 saturated carbocycles. The number of anilines is 1. The predicted molar refractivity (Wildman–Crippen MR) is 151 cm³/mol. The summed E-state index contributed by atoms with van der Waals surface area (Å²) in [6, 6.07) is 0. The Labute approximate surface area is 231 Å². The van der Waals surface area contributed by atoms with Crippen molar-refractivity contribution < 1.29 is 33.5 Å². The molecule has 1 saturated heterocycles. The molecule has 2 aromatic heterocycles. The average Bonchev–Trinajstić information content (AvgIpc) is 3.50. The van der Waals surface area contributed by atoms with Crippen molar-refractivity contribution in [1.82, 2.24) is 29.3 Å². The molecule has 0 unspecified atom stereocenters. The molecule has 1 aliphatic heterocycles. The summed E-state index contributed by atoms with van der Waals surface area (Å²) in [5.74, 6) is 0.526. The van der Waals surface area contributed by atoms with E-state index in [2.05, 4.69) is 76.1 Å². The van der Waals surface area contributed by atoms with E-state index in [1.54, 1.807) is 11.6 Å². The van der Waals surface area contributed by atoms with E-state index in [4.69, 9.17) is 19.3 Å². The molecule has 14 nitrogen and oxygen atoms in total. The van der Waals surface area contributed by atoms with Gasteiger partial charge in [-0.15, -0.1) is 0 Å². The summed E-state index contributed by atoms with van der Waals surface area (Å²) in [5, 5.41) is 13.2. The molecule has 0 radical (unpaired) electrons. The van der Waals surface area contributed by atoms with E-state index in [1.807, 2.05) is 0 Å². The van der Waals surface area contributed by atoms with Crippen LogP contribution in [0.2, 0.25) is 0 Å². The molecule has 1 aliphatic rings. The Bertz CT molecular complexity index is 962. The molecule has 15 heteroatoms. The number of aliphatic hydroxyl groups is 1. The van der Waals surface area contributed by atoms with Gasteiger partial charge in [0.1, 0.15) is 30.2 Å². The van der Waals surface area contributed by atoms with E-state index < -0.39 is 39.0 Å². The van der Waals surface area contributed by atoms with E-state index in [9.17, 15) is 9.67 Å². The molecule has 0 aliphatic carbocycles. The van der Waals surface area contributed by atoms with Gasteiger partial charge < -0.3 is 39.5 Å². The largest absolute Gasteiger partial charge is 0.469 e. The highest BCUT2D eigenvalue weighted by Gasteiger charge is 2.46. The topological polar surface area (TPSA) is 168 Å². The number of aromatic nitrogens is 4. The predicted octanol–water partition coefficient (Wildman–Crippen LogP) is 1.95. The van der Waals surface area contributed by atoms with Crippen LogP contribution in [0.5, 0.6) is 0 Å². The number of methoxy groups -OCH3 is 1. The number of imidazole rings is 1. The second-order valence-corrected chi connectivity index (χ2v) is 9.82. The van der Waals surface area contributed by atoms with Gasteiger partial charge in [0.25, 0.3) is 0 Å². The summed E-state index contributed by atoms with van der Waals surface area (Å²) in [7, 11) is -1.59. The van der Waals surface area contributed by atoms with Crippen molar-refractivity contribution in [3.8, 4) is 0 Å². The number of hydrogen-bond donors (Lipinski definition) is 4. The first-order valence-corrected chi connectivity index (χ1v) is 14.9. The highest BCUT2D eigenvalue weighted by Crippen LogP contribution is 2.39. The number of nitrogens with one attached hydrogen (secondary N) is 1. The van der Waals surface area contributed by atoms with Crippen LogP contribution in [0.4, 0.5) is 5.82 Å². The molecule has 0 amide bonds. The minimum atomic E-state index is -4.68. The molecule has 0 bridgehead atoms. The Morgan fingerprint density at radius 2 is 1.54 bits per heavy atom. The summed E-state index contributed by atoms with van der Waals surface area (Å²) >= 11 is 0. The summed E-state index contributed by atoms with van der Waals surface area (Å²) < 4.78 is 27.9. The van der Waals surface area contributed by atoms with Crippen molar-refractivity contribution in [1.29, 1.82) is 0 Å². The van der Waals surface area contributed by atoms with Crippen molar-refractivity contribution in [3.05, 3.63) is 12.7 Å². The van der Waals surface area contributed by atoms with Crippen LogP contribution in [-0.4, -0.2) is 123 Å². The molecule has 0 spiro atoms. The molecule has 3 heterocycles. The number of fused-ring (bicyclic) bond motifs is 1. The van der Waals surface area contributed by atoms with Gasteiger partial charge in [-0.3, -0.25) is 9.09 Å². The normalized spacial score (nSPS) is 21.1. The van der Waals surface area contributed by atoms with E-state index in [1.165, 1.54) is 59.0 Å². The first-order valence-electron chi connectivity index (χ1n) is 13.4. The fourth-order valence-electron chi connectivity index (χ4n) is 4.07. The number of rotatable bonds is 12. The van der Waals surface area contributed by atoms with E-state index >= 15 is 0 Å². The van der Waals surface area contributed by atoms with Crippen LogP contribution in [0.25, 0.3) is 11.2 Å². The first-order chi connectivity index (χ1) is 18.5. The van der Waals surface area contributed by atoms with E-state index in [0.29, 0.717) is 17.0 Å². The maximum atomic E-state index is 10.9. The van der Waals surface area contributed by atoms with E-state index in [-0.39, 0.29) is 0 Å². The SMILES string of the molecule is CCN(CC)CC.CCN(CC)CC.CNc1ncnc2c1ncn2[C@@H]1O[C@H](COP(=O)(O)O)[C@@H](O)[C@H]1OC. The third kappa shape index (κ3) is 10.6. The Balaban J connectivity index is 0.000000449. The van der Waals surface area contributed by atoms with Crippen LogP contribution in [-0.2, 0) is 18.6 Å². The van der Waals surface area contributed by atoms with Gasteiger partial charge in [-0.25, -0.2) is 19.5 Å². The van der Waals surface area contributed by atoms with Gasteiger partial charge in [0, 0.05) is 14.2 Å². The lowest BCUT2D eigenvalue weighted by atomic mass is 10.1. The van der Waals surface area contributed by atoms with Crippen molar-refractivity contribution in [2.24, 2.45) is 0 Å². The second-order valence-electron chi connectivity index (χ2n) is 8.58. The lowest BCUT2D eigenvalue weighted by Gasteiger charge is -2.19. The van der Waals surface area contributed by atoms with Gasteiger partial charge in [-0.2, -0.15) is 0 Å². The zero-order chi connectivity index (χ0) is 29.6. The summed E-state index contributed by atoms with van der Waals surface area (Å²) in [6.07, 6.45) is -0.954. The maximum absolute atomic E-state index is 10.9. The van der Waals surface area contributed by atoms with Gasteiger partial charge in [0.05, 0.1) is 12.9 Å². The van der Waals surface area contributed by atoms with Crippen molar-refractivity contribution in [3.63, 3.8) is 0 Å².